The molecule has 0 atom stereocenters. The summed E-state index contributed by atoms with van der Waals surface area (Å²) in [5, 5.41) is 0.673. The zero-order chi connectivity index (χ0) is 14.2. The summed E-state index contributed by atoms with van der Waals surface area (Å²) >= 11 is 5.90. The first-order valence-electron chi connectivity index (χ1n) is 6.10. The number of sulfone groups is 1. The van der Waals surface area contributed by atoms with Crippen LogP contribution in [0.3, 0.4) is 0 Å². The molecule has 0 aliphatic rings. The van der Waals surface area contributed by atoms with Crippen LogP contribution in [0.2, 0.25) is 0 Å². The molecule has 1 heterocycles. The molecule has 3 aromatic rings. The maximum atomic E-state index is 12.8. The number of para-hydroxylation sites is 1. The molecule has 0 saturated carbocycles. The minimum atomic E-state index is -3.58. The summed E-state index contributed by atoms with van der Waals surface area (Å²) < 4.78 is 25.6. The van der Waals surface area contributed by atoms with Gasteiger partial charge in [-0.2, -0.15) is 0 Å². The number of aromatic amines is 1. The van der Waals surface area contributed by atoms with Crippen LogP contribution in [0, 0.1) is 0 Å². The quantitative estimate of drug-likeness (QED) is 0.749. The van der Waals surface area contributed by atoms with Crippen LogP contribution in [-0.2, 0) is 15.7 Å². The molecule has 0 unspecified atom stereocenters. The van der Waals surface area contributed by atoms with Gasteiger partial charge in [-0.05, 0) is 18.2 Å². The van der Waals surface area contributed by atoms with E-state index in [-0.39, 0.29) is 15.7 Å². The van der Waals surface area contributed by atoms with Gasteiger partial charge in [0.25, 0.3) is 0 Å². The zero-order valence-corrected chi connectivity index (χ0v) is 12.1. The number of rotatable bonds is 3. The second-order valence-electron chi connectivity index (χ2n) is 4.43. The van der Waals surface area contributed by atoms with E-state index in [1.54, 1.807) is 36.4 Å². The van der Waals surface area contributed by atoms with Crippen molar-refractivity contribution >= 4 is 32.3 Å². The van der Waals surface area contributed by atoms with E-state index < -0.39 is 9.84 Å². The Labute approximate surface area is 122 Å². The molecule has 0 amide bonds. The van der Waals surface area contributed by atoms with Gasteiger partial charge in [0.15, 0.2) is 0 Å². The molecule has 0 spiro atoms. The first-order valence-corrected chi connectivity index (χ1v) is 8.12. The largest absolute Gasteiger partial charge is 0.356 e. The summed E-state index contributed by atoms with van der Waals surface area (Å²) in [6.45, 7) is 0. The topological polar surface area (TPSA) is 49.9 Å². The molecule has 0 radical (unpaired) electrons. The van der Waals surface area contributed by atoms with Gasteiger partial charge < -0.3 is 4.98 Å². The van der Waals surface area contributed by atoms with Crippen molar-refractivity contribution in [3.63, 3.8) is 0 Å². The fraction of sp³-hybridized carbons (Fsp3) is 0.0667. The lowest BCUT2D eigenvalue weighted by Crippen LogP contribution is -2.03. The van der Waals surface area contributed by atoms with Gasteiger partial charge in [0.2, 0.25) is 9.84 Å². The molecular weight excluding hydrogens is 294 g/mol. The summed E-state index contributed by atoms with van der Waals surface area (Å²) in [5.41, 5.74) is 1.30. The lowest BCUT2D eigenvalue weighted by Gasteiger charge is -2.05. The van der Waals surface area contributed by atoms with Crippen LogP contribution in [0.5, 0.6) is 0 Å². The van der Waals surface area contributed by atoms with Crippen molar-refractivity contribution in [3.05, 3.63) is 60.3 Å². The molecule has 3 rings (SSSR count). The number of benzene rings is 2. The van der Waals surface area contributed by atoms with Gasteiger partial charge in [0.1, 0.15) is 4.90 Å². The highest BCUT2D eigenvalue weighted by atomic mass is 35.5. The molecule has 2 aromatic carbocycles. The third-order valence-corrected chi connectivity index (χ3v) is 5.35. The number of H-pyrrole nitrogens is 1. The zero-order valence-electron chi connectivity index (χ0n) is 10.5. The lowest BCUT2D eigenvalue weighted by molar-refractivity contribution is 0.596. The molecule has 0 aliphatic heterocycles. The summed E-state index contributed by atoms with van der Waals surface area (Å²) in [5.74, 6) is 0.121. The molecule has 1 N–H and O–H groups in total. The van der Waals surface area contributed by atoms with E-state index in [0.29, 0.717) is 11.1 Å². The van der Waals surface area contributed by atoms with Crippen LogP contribution < -0.4 is 0 Å². The number of hydrogen-bond acceptors (Lipinski definition) is 2. The van der Waals surface area contributed by atoms with E-state index in [0.717, 1.165) is 5.52 Å². The number of fused-ring (bicyclic) bond motifs is 1. The fourth-order valence-electron chi connectivity index (χ4n) is 2.29. The maximum Gasteiger partial charge on any atom is 0.209 e. The van der Waals surface area contributed by atoms with Crippen molar-refractivity contribution in [2.45, 2.75) is 15.7 Å². The summed E-state index contributed by atoms with van der Waals surface area (Å²) in [6, 6.07) is 15.7. The number of alkyl halides is 1. The number of halogens is 1. The Morgan fingerprint density at radius 2 is 1.60 bits per heavy atom. The number of hydrogen-bond donors (Lipinski definition) is 1. The second-order valence-corrected chi connectivity index (χ2v) is 6.58. The SMILES string of the molecule is O=S(=O)(c1ccccc1)c1c(CCl)[nH]c2ccccc12. The van der Waals surface area contributed by atoms with Crippen molar-refractivity contribution in [1.29, 1.82) is 0 Å². The van der Waals surface area contributed by atoms with Crippen LogP contribution in [-0.4, -0.2) is 13.4 Å². The van der Waals surface area contributed by atoms with E-state index in [4.69, 9.17) is 11.6 Å². The van der Waals surface area contributed by atoms with Crippen LogP contribution in [0.1, 0.15) is 5.69 Å². The molecule has 102 valence electrons. The average Bonchev–Trinajstić information content (AvgIpc) is 2.87. The van der Waals surface area contributed by atoms with Crippen molar-refractivity contribution in [2.24, 2.45) is 0 Å². The van der Waals surface area contributed by atoms with E-state index >= 15 is 0 Å². The Bertz CT molecular complexity index is 854. The highest BCUT2D eigenvalue weighted by molar-refractivity contribution is 7.91. The van der Waals surface area contributed by atoms with Crippen LogP contribution in [0.25, 0.3) is 10.9 Å². The van der Waals surface area contributed by atoms with Gasteiger partial charge >= 0.3 is 0 Å². The standard InChI is InChI=1S/C15H12ClNO2S/c16-10-14-15(12-8-4-5-9-13(12)17-14)20(18,19)11-6-2-1-3-7-11/h1-9,17H,10H2. The predicted octanol–water partition coefficient (Wildman–Crippen LogP) is 3.74. The molecule has 5 heteroatoms. The molecule has 20 heavy (non-hydrogen) atoms. The highest BCUT2D eigenvalue weighted by Crippen LogP contribution is 2.32. The van der Waals surface area contributed by atoms with Gasteiger partial charge in [0, 0.05) is 10.9 Å². The van der Waals surface area contributed by atoms with Crippen LogP contribution >= 0.6 is 11.6 Å². The molecule has 3 nitrogen and oxygen atoms in total. The molecule has 0 saturated heterocycles. The summed E-state index contributed by atoms with van der Waals surface area (Å²) in [6.07, 6.45) is 0. The molecule has 0 aliphatic carbocycles. The van der Waals surface area contributed by atoms with E-state index in [9.17, 15) is 8.42 Å². The molecule has 0 fully saturated rings. The van der Waals surface area contributed by atoms with E-state index in [2.05, 4.69) is 4.98 Å². The van der Waals surface area contributed by atoms with Gasteiger partial charge in [-0.25, -0.2) is 8.42 Å². The normalized spacial score (nSPS) is 11.8. The molecular formula is C15H12ClNO2S. The molecule has 1 aromatic heterocycles. The van der Waals surface area contributed by atoms with Gasteiger partial charge in [0.05, 0.1) is 16.5 Å². The number of nitrogens with one attached hydrogen (secondary N) is 1. The van der Waals surface area contributed by atoms with E-state index in [1.807, 2.05) is 18.2 Å². The van der Waals surface area contributed by atoms with Crippen LogP contribution in [0.4, 0.5) is 0 Å². The fourth-order valence-corrected chi connectivity index (χ4v) is 4.24. The predicted molar refractivity (Wildman–Crippen MR) is 79.7 cm³/mol. The Hall–Kier alpha value is -1.78. The minimum absolute atomic E-state index is 0.121. The Morgan fingerprint density at radius 1 is 0.950 bits per heavy atom. The highest BCUT2D eigenvalue weighted by Gasteiger charge is 2.25. The van der Waals surface area contributed by atoms with Gasteiger partial charge in [-0.3, -0.25) is 0 Å². The Morgan fingerprint density at radius 3 is 2.30 bits per heavy atom. The Balaban J connectivity index is 2.34. The minimum Gasteiger partial charge on any atom is -0.356 e. The summed E-state index contributed by atoms with van der Waals surface area (Å²) in [7, 11) is -3.58. The average molecular weight is 306 g/mol. The monoisotopic (exact) mass is 305 g/mol. The third kappa shape index (κ3) is 2.01. The molecule has 0 bridgehead atoms. The third-order valence-electron chi connectivity index (χ3n) is 3.19. The van der Waals surface area contributed by atoms with Crippen molar-refractivity contribution in [3.8, 4) is 0 Å². The summed E-state index contributed by atoms with van der Waals surface area (Å²) in [4.78, 5) is 3.63. The second kappa shape index (κ2) is 4.96. The van der Waals surface area contributed by atoms with Crippen molar-refractivity contribution < 1.29 is 8.42 Å². The smallest absolute Gasteiger partial charge is 0.209 e. The van der Waals surface area contributed by atoms with Crippen molar-refractivity contribution in [1.82, 2.24) is 4.98 Å². The first kappa shape index (κ1) is 13.2. The van der Waals surface area contributed by atoms with Gasteiger partial charge in [-0.1, -0.05) is 36.4 Å². The Kier molecular flexibility index (Phi) is 3.28. The first-order chi connectivity index (χ1) is 9.64. The van der Waals surface area contributed by atoms with E-state index in [1.165, 1.54) is 0 Å². The lowest BCUT2D eigenvalue weighted by atomic mass is 10.2. The maximum absolute atomic E-state index is 12.8. The van der Waals surface area contributed by atoms with Crippen molar-refractivity contribution in [2.75, 3.05) is 0 Å². The number of aromatic nitrogens is 1. The van der Waals surface area contributed by atoms with Gasteiger partial charge in [-0.15, -0.1) is 11.6 Å². The van der Waals surface area contributed by atoms with Crippen LogP contribution in [0.15, 0.2) is 64.4 Å².